The highest BCUT2D eigenvalue weighted by molar-refractivity contribution is 5.95. The Morgan fingerprint density at radius 3 is 2.88 bits per heavy atom. The lowest BCUT2D eigenvalue weighted by atomic mass is 10.1. The Morgan fingerprint density at radius 2 is 2.06 bits per heavy atom. The van der Waals surface area contributed by atoms with Crippen LogP contribution in [0.3, 0.4) is 0 Å². The van der Waals surface area contributed by atoms with E-state index in [2.05, 4.69) is 5.92 Å². The first-order valence-electron chi connectivity index (χ1n) is 4.69. The summed E-state index contributed by atoms with van der Waals surface area (Å²) in [6.07, 6.45) is 6.86. The average Bonchev–Trinajstić information content (AvgIpc) is 2.68. The Hall–Kier alpha value is -2.47. The van der Waals surface area contributed by atoms with Gasteiger partial charge >= 0.3 is 5.63 Å². The maximum Gasteiger partial charge on any atom is 0.336 e. The summed E-state index contributed by atoms with van der Waals surface area (Å²) < 4.78 is 10.3. The monoisotopic (exact) mass is 210 g/mol. The second-order valence-corrected chi connectivity index (χ2v) is 3.43. The van der Waals surface area contributed by atoms with Crippen LogP contribution in [-0.2, 0) is 0 Å². The predicted molar refractivity (Wildman–Crippen MR) is 60.2 cm³/mol. The Bertz CT molecular complexity index is 784. The van der Waals surface area contributed by atoms with Gasteiger partial charge in [0.1, 0.15) is 17.4 Å². The highest BCUT2D eigenvalue weighted by Gasteiger charge is 2.06. The Labute approximate surface area is 90.3 Å². The topological polar surface area (TPSA) is 43.4 Å². The Morgan fingerprint density at radius 1 is 1.19 bits per heavy atom. The molecule has 0 atom stereocenters. The first kappa shape index (κ1) is 8.81. The molecule has 3 aromatic rings. The van der Waals surface area contributed by atoms with Gasteiger partial charge in [0.15, 0.2) is 0 Å². The molecule has 0 saturated heterocycles. The molecule has 2 aromatic heterocycles. The van der Waals surface area contributed by atoms with Crippen LogP contribution in [0, 0.1) is 12.3 Å². The van der Waals surface area contributed by atoms with Gasteiger partial charge in [-0.1, -0.05) is 5.92 Å². The number of furan rings is 1. The highest BCUT2D eigenvalue weighted by Crippen LogP contribution is 2.25. The molecular weight excluding hydrogens is 204 g/mol. The third-order valence-electron chi connectivity index (χ3n) is 2.47. The SMILES string of the molecule is C#Cc1coc2cc3oc(=O)ccc3cc12. The van der Waals surface area contributed by atoms with Gasteiger partial charge in [-0.15, -0.1) is 6.42 Å². The van der Waals surface area contributed by atoms with E-state index in [9.17, 15) is 4.79 Å². The van der Waals surface area contributed by atoms with Crippen molar-refractivity contribution in [1.29, 1.82) is 0 Å². The zero-order valence-corrected chi connectivity index (χ0v) is 8.19. The fourth-order valence-corrected chi connectivity index (χ4v) is 1.70. The molecule has 0 bridgehead atoms. The number of hydrogen-bond acceptors (Lipinski definition) is 3. The van der Waals surface area contributed by atoms with E-state index in [0.717, 1.165) is 10.8 Å². The van der Waals surface area contributed by atoms with Crippen LogP contribution in [0.15, 0.2) is 44.2 Å². The van der Waals surface area contributed by atoms with Crippen LogP contribution in [0.25, 0.3) is 21.9 Å². The average molecular weight is 210 g/mol. The molecule has 3 nitrogen and oxygen atoms in total. The van der Waals surface area contributed by atoms with Crippen molar-refractivity contribution < 1.29 is 8.83 Å². The summed E-state index contributed by atoms with van der Waals surface area (Å²) in [5.41, 5.74) is 1.44. The molecule has 0 N–H and O–H groups in total. The van der Waals surface area contributed by atoms with Gasteiger partial charge in [-0.3, -0.25) is 0 Å². The molecule has 3 rings (SSSR count). The predicted octanol–water partition coefficient (Wildman–Crippen LogP) is 2.52. The highest BCUT2D eigenvalue weighted by atomic mass is 16.4. The minimum atomic E-state index is -0.379. The van der Waals surface area contributed by atoms with Crippen molar-refractivity contribution in [2.24, 2.45) is 0 Å². The number of rotatable bonds is 0. The summed E-state index contributed by atoms with van der Waals surface area (Å²) in [6.45, 7) is 0. The Balaban J connectivity index is 2.51. The number of hydrogen-bond donors (Lipinski definition) is 0. The van der Waals surface area contributed by atoms with Gasteiger partial charge < -0.3 is 8.83 Å². The molecule has 0 aliphatic rings. The smallest absolute Gasteiger partial charge is 0.336 e. The van der Waals surface area contributed by atoms with Gasteiger partial charge in [-0.05, 0) is 12.1 Å². The lowest BCUT2D eigenvalue weighted by Crippen LogP contribution is -1.93. The van der Waals surface area contributed by atoms with Crippen molar-refractivity contribution in [2.75, 3.05) is 0 Å². The standard InChI is InChI=1S/C13H6O3/c1-2-8-7-15-12-6-11-9(5-10(8)12)3-4-13(14)16-11/h1,3-7H. The molecule has 0 spiro atoms. The fourth-order valence-electron chi connectivity index (χ4n) is 1.70. The van der Waals surface area contributed by atoms with Crippen LogP contribution in [0.5, 0.6) is 0 Å². The number of benzene rings is 1. The number of terminal acetylenes is 1. The minimum Gasteiger partial charge on any atom is -0.463 e. The zero-order chi connectivity index (χ0) is 11.1. The van der Waals surface area contributed by atoms with E-state index < -0.39 is 0 Å². The van der Waals surface area contributed by atoms with E-state index in [4.69, 9.17) is 15.3 Å². The maximum absolute atomic E-state index is 11.1. The van der Waals surface area contributed by atoms with Gasteiger partial charge in [-0.25, -0.2) is 4.79 Å². The van der Waals surface area contributed by atoms with Crippen LogP contribution in [0.4, 0.5) is 0 Å². The molecule has 0 aliphatic heterocycles. The third kappa shape index (κ3) is 1.14. The summed E-state index contributed by atoms with van der Waals surface area (Å²) in [5, 5.41) is 1.67. The lowest BCUT2D eigenvalue weighted by molar-refractivity contribution is 0.559. The van der Waals surface area contributed by atoms with Crippen molar-refractivity contribution in [1.82, 2.24) is 0 Å². The van der Waals surface area contributed by atoms with E-state index in [0.29, 0.717) is 16.7 Å². The van der Waals surface area contributed by atoms with Crippen molar-refractivity contribution in [2.45, 2.75) is 0 Å². The van der Waals surface area contributed by atoms with E-state index in [-0.39, 0.29) is 5.63 Å². The lowest BCUT2D eigenvalue weighted by Gasteiger charge is -1.95. The van der Waals surface area contributed by atoms with Gasteiger partial charge in [0.05, 0.1) is 5.56 Å². The fraction of sp³-hybridized carbons (Fsp3) is 0. The second kappa shape index (κ2) is 3.01. The number of fused-ring (bicyclic) bond motifs is 2. The van der Waals surface area contributed by atoms with Crippen LogP contribution in [0.2, 0.25) is 0 Å². The van der Waals surface area contributed by atoms with Crippen molar-refractivity contribution in [3.05, 3.63) is 46.5 Å². The summed E-state index contributed by atoms with van der Waals surface area (Å²) in [6, 6.07) is 6.61. The van der Waals surface area contributed by atoms with E-state index >= 15 is 0 Å². The summed E-state index contributed by atoms with van der Waals surface area (Å²) in [4.78, 5) is 11.1. The molecule has 2 heterocycles. The van der Waals surface area contributed by atoms with Gasteiger partial charge in [-0.2, -0.15) is 0 Å². The molecule has 3 heteroatoms. The zero-order valence-electron chi connectivity index (χ0n) is 8.19. The molecule has 0 saturated carbocycles. The molecule has 1 aromatic carbocycles. The maximum atomic E-state index is 11.1. The van der Waals surface area contributed by atoms with Crippen LogP contribution in [0.1, 0.15) is 5.56 Å². The first-order chi connectivity index (χ1) is 7.78. The molecule has 0 unspecified atom stereocenters. The van der Waals surface area contributed by atoms with E-state index in [1.807, 2.05) is 6.07 Å². The van der Waals surface area contributed by atoms with Gasteiger partial charge in [0.25, 0.3) is 0 Å². The first-order valence-corrected chi connectivity index (χ1v) is 4.69. The van der Waals surface area contributed by atoms with E-state index in [1.165, 1.54) is 12.3 Å². The van der Waals surface area contributed by atoms with Crippen molar-refractivity contribution in [3.63, 3.8) is 0 Å². The van der Waals surface area contributed by atoms with Crippen LogP contribution >= 0.6 is 0 Å². The third-order valence-corrected chi connectivity index (χ3v) is 2.47. The Kier molecular flexibility index (Phi) is 1.66. The molecule has 16 heavy (non-hydrogen) atoms. The van der Waals surface area contributed by atoms with Crippen LogP contribution in [-0.4, -0.2) is 0 Å². The molecule has 0 amide bonds. The molecule has 0 aliphatic carbocycles. The second-order valence-electron chi connectivity index (χ2n) is 3.43. The van der Waals surface area contributed by atoms with Crippen LogP contribution < -0.4 is 5.63 Å². The van der Waals surface area contributed by atoms with E-state index in [1.54, 1.807) is 12.1 Å². The quantitative estimate of drug-likeness (QED) is 0.423. The normalized spacial score (nSPS) is 10.7. The summed E-state index contributed by atoms with van der Waals surface area (Å²) in [5.74, 6) is 2.54. The van der Waals surface area contributed by atoms with Crippen molar-refractivity contribution >= 4 is 21.9 Å². The summed E-state index contributed by atoms with van der Waals surface area (Å²) in [7, 11) is 0. The molecular formula is C13H6O3. The minimum absolute atomic E-state index is 0.379. The van der Waals surface area contributed by atoms with Crippen molar-refractivity contribution in [3.8, 4) is 12.3 Å². The van der Waals surface area contributed by atoms with Gasteiger partial charge in [0.2, 0.25) is 0 Å². The molecule has 0 fully saturated rings. The molecule has 0 radical (unpaired) electrons. The summed E-state index contributed by atoms with van der Waals surface area (Å²) >= 11 is 0. The molecule has 76 valence electrons. The van der Waals surface area contributed by atoms with Gasteiger partial charge in [0, 0.05) is 22.9 Å². The largest absolute Gasteiger partial charge is 0.463 e.